The first kappa shape index (κ1) is 39.2. The van der Waals surface area contributed by atoms with Crippen molar-refractivity contribution in [2.75, 3.05) is 6.61 Å². The Morgan fingerprint density at radius 1 is 0.400 bits per heavy atom. The molecule has 0 rings (SSSR count). The molecule has 0 heterocycles. The van der Waals surface area contributed by atoms with Crippen molar-refractivity contribution >= 4 is 5.97 Å². The number of carbonyl (C=O) groups excluding carboxylic acids is 1. The number of ether oxygens (including phenoxy) is 1. The average molecular weight is 563 g/mol. The van der Waals surface area contributed by atoms with Gasteiger partial charge in [0.2, 0.25) is 0 Å². The van der Waals surface area contributed by atoms with Crippen molar-refractivity contribution in [3.63, 3.8) is 0 Å². The van der Waals surface area contributed by atoms with Crippen LogP contribution in [0.5, 0.6) is 0 Å². The third-order valence-electron chi connectivity index (χ3n) is 8.40. The molecular weight excluding hydrogens is 488 g/mol. The predicted octanol–water partition coefficient (Wildman–Crippen LogP) is 13.6. The third kappa shape index (κ3) is 35.2. The van der Waals surface area contributed by atoms with E-state index in [4.69, 9.17) is 4.74 Å². The normalized spacial score (nSPS) is 11.6. The Kier molecular flexibility index (Phi) is 35.5. The Balaban J connectivity index is 3.20. The van der Waals surface area contributed by atoms with Crippen LogP contribution in [0.2, 0.25) is 0 Å². The van der Waals surface area contributed by atoms with E-state index in [2.05, 4.69) is 26.0 Å². The lowest BCUT2D eigenvalue weighted by atomic mass is 10.0. The first-order valence-corrected chi connectivity index (χ1v) is 18.6. The summed E-state index contributed by atoms with van der Waals surface area (Å²) in [5.41, 5.74) is 0. The molecule has 2 nitrogen and oxygen atoms in total. The Labute approximate surface area is 253 Å². The Bertz CT molecular complexity index is 498. The van der Waals surface area contributed by atoms with Crippen LogP contribution in [0.3, 0.4) is 0 Å². The minimum atomic E-state index is 0.00450. The van der Waals surface area contributed by atoms with Gasteiger partial charge in [-0.25, -0.2) is 0 Å². The highest BCUT2D eigenvalue weighted by molar-refractivity contribution is 5.69. The second kappa shape index (κ2) is 36.2. The zero-order valence-corrected chi connectivity index (χ0v) is 27.8. The van der Waals surface area contributed by atoms with E-state index in [1.807, 2.05) is 0 Å². The number of allylic oxidation sites excluding steroid dienone is 2. The molecule has 0 saturated carbocycles. The topological polar surface area (TPSA) is 26.3 Å². The van der Waals surface area contributed by atoms with E-state index >= 15 is 0 Å². The molecule has 0 spiro atoms. The van der Waals surface area contributed by atoms with Crippen molar-refractivity contribution in [2.24, 2.45) is 0 Å². The maximum atomic E-state index is 11.9. The number of carbonyl (C=O) groups is 1. The summed E-state index contributed by atoms with van der Waals surface area (Å²) in [5.74, 6) is 0.00450. The van der Waals surface area contributed by atoms with Crippen LogP contribution < -0.4 is 0 Å². The molecular formula is C38H74O2. The van der Waals surface area contributed by atoms with Crippen LogP contribution in [0.25, 0.3) is 0 Å². The van der Waals surface area contributed by atoms with Gasteiger partial charge >= 0.3 is 5.97 Å². The molecule has 0 aromatic rings. The molecule has 0 saturated heterocycles. The van der Waals surface area contributed by atoms with Crippen molar-refractivity contribution in [1.29, 1.82) is 0 Å². The molecule has 0 fully saturated rings. The van der Waals surface area contributed by atoms with E-state index in [-0.39, 0.29) is 5.97 Å². The van der Waals surface area contributed by atoms with E-state index in [1.165, 1.54) is 173 Å². The summed E-state index contributed by atoms with van der Waals surface area (Å²) in [6, 6.07) is 0. The van der Waals surface area contributed by atoms with Gasteiger partial charge < -0.3 is 4.74 Å². The van der Waals surface area contributed by atoms with Gasteiger partial charge in [-0.05, 0) is 38.5 Å². The van der Waals surface area contributed by atoms with Gasteiger partial charge in [-0.15, -0.1) is 0 Å². The van der Waals surface area contributed by atoms with Gasteiger partial charge in [0, 0.05) is 6.42 Å². The average Bonchev–Trinajstić information content (AvgIpc) is 2.96. The van der Waals surface area contributed by atoms with Gasteiger partial charge in [0.1, 0.15) is 0 Å². The maximum Gasteiger partial charge on any atom is 0.305 e. The summed E-state index contributed by atoms with van der Waals surface area (Å²) < 4.78 is 5.42. The summed E-state index contributed by atoms with van der Waals surface area (Å²) in [6.45, 7) is 5.20. The fraction of sp³-hybridized carbons (Fsp3) is 0.921. The monoisotopic (exact) mass is 563 g/mol. The summed E-state index contributed by atoms with van der Waals surface area (Å²) in [7, 11) is 0. The van der Waals surface area contributed by atoms with Crippen LogP contribution in [0.15, 0.2) is 12.2 Å². The molecule has 238 valence electrons. The highest BCUT2D eigenvalue weighted by Gasteiger charge is 2.02. The molecule has 2 heteroatoms. The van der Waals surface area contributed by atoms with Crippen molar-refractivity contribution in [3.05, 3.63) is 12.2 Å². The maximum absolute atomic E-state index is 11.9. The van der Waals surface area contributed by atoms with E-state index in [0.29, 0.717) is 13.0 Å². The standard InChI is InChI=1S/C38H74O2/c1-3-5-7-9-11-13-15-17-18-19-20-21-22-23-24-25-26-28-30-32-34-36-38(39)40-37-35-33-31-29-27-16-14-12-10-8-6-4-2/h26,28H,3-25,27,29-37H2,1-2H3/b28-26-. The van der Waals surface area contributed by atoms with Crippen LogP contribution >= 0.6 is 0 Å². The van der Waals surface area contributed by atoms with E-state index < -0.39 is 0 Å². The quantitative estimate of drug-likeness (QED) is 0.0443. The first-order valence-electron chi connectivity index (χ1n) is 18.6. The molecule has 0 N–H and O–H groups in total. The smallest absolute Gasteiger partial charge is 0.305 e. The zero-order chi connectivity index (χ0) is 29.0. The van der Waals surface area contributed by atoms with Gasteiger partial charge in [-0.3, -0.25) is 4.79 Å². The van der Waals surface area contributed by atoms with Crippen LogP contribution in [-0.2, 0) is 9.53 Å². The molecule has 40 heavy (non-hydrogen) atoms. The first-order chi connectivity index (χ1) is 19.8. The Morgan fingerprint density at radius 2 is 0.700 bits per heavy atom. The SMILES string of the molecule is CCCCCCCCCCCCCCCCC/C=C\CCCCC(=O)OCCCCCCCCCCCCCC. The van der Waals surface area contributed by atoms with Crippen molar-refractivity contribution in [2.45, 2.75) is 219 Å². The molecule has 0 radical (unpaired) electrons. The largest absolute Gasteiger partial charge is 0.466 e. The summed E-state index contributed by atoms with van der Waals surface area (Å²) in [5, 5.41) is 0. The molecule has 0 unspecified atom stereocenters. The number of hydrogen-bond acceptors (Lipinski definition) is 2. The van der Waals surface area contributed by atoms with Crippen LogP contribution in [0.1, 0.15) is 219 Å². The van der Waals surface area contributed by atoms with Gasteiger partial charge in [0.25, 0.3) is 0 Å². The van der Waals surface area contributed by atoms with E-state index in [1.54, 1.807) is 0 Å². The minimum absolute atomic E-state index is 0.00450. The van der Waals surface area contributed by atoms with Gasteiger partial charge in [-0.1, -0.05) is 187 Å². The minimum Gasteiger partial charge on any atom is -0.466 e. The second-order valence-electron chi connectivity index (χ2n) is 12.6. The summed E-state index contributed by atoms with van der Waals surface area (Å²) >= 11 is 0. The van der Waals surface area contributed by atoms with Crippen molar-refractivity contribution in [3.8, 4) is 0 Å². The third-order valence-corrected chi connectivity index (χ3v) is 8.40. The van der Waals surface area contributed by atoms with Crippen LogP contribution in [0.4, 0.5) is 0 Å². The summed E-state index contributed by atoms with van der Waals surface area (Å²) in [6.07, 6.45) is 47.1. The second-order valence-corrected chi connectivity index (χ2v) is 12.6. The fourth-order valence-corrected chi connectivity index (χ4v) is 5.60. The number of esters is 1. The molecule has 0 aliphatic carbocycles. The lowest BCUT2D eigenvalue weighted by Crippen LogP contribution is -2.05. The highest BCUT2D eigenvalue weighted by atomic mass is 16.5. The fourth-order valence-electron chi connectivity index (χ4n) is 5.60. The number of rotatable bonds is 34. The molecule has 0 aromatic heterocycles. The molecule has 0 aromatic carbocycles. The molecule has 0 aliphatic heterocycles. The Hall–Kier alpha value is -0.790. The van der Waals surface area contributed by atoms with E-state index in [0.717, 1.165) is 25.7 Å². The van der Waals surface area contributed by atoms with E-state index in [9.17, 15) is 4.79 Å². The van der Waals surface area contributed by atoms with Crippen molar-refractivity contribution < 1.29 is 9.53 Å². The lowest BCUT2D eigenvalue weighted by Gasteiger charge is -2.05. The van der Waals surface area contributed by atoms with Gasteiger partial charge in [0.05, 0.1) is 6.61 Å². The molecule has 0 atom stereocenters. The predicted molar refractivity (Wildman–Crippen MR) is 179 cm³/mol. The van der Waals surface area contributed by atoms with Crippen LogP contribution in [0, 0.1) is 0 Å². The summed E-state index contributed by atoms with van der Waals surface area (Å²) in [4.78, 5) is 11.9. The highest BCUT2D eigenvalue weighted by Crippen LogP contribution is 2.15. The van der Waals surface area contributed by atoms with Gasteiger partial charge in [0.15, 0.2) is 0 Å². The molecule has 0 bridgehead atoms. The Morgan fingerprint density at radius 3 is 1.07 bits per heavy atom. The lowest BCUT2D eigenvalue weighted by molar-refractivity contribution is -0.143. The van der Waals surface area contributed by atoms with Crippen LogP contribution in [-0.4, -0.2) is 12.6 Å². The van der Waals surface area contributed by atoms with Gasteiger partial charge in [-0.2, -0.15) is 0 Å². The number of hydrogen-bond donors (Lipinski definition) is 0. The zero-order valence-electron chi connectivity index (χ0n) is 27.8. The molecule has 0 aliphatic rings. The number of unbranched alkanes of at least 4 members (excludes halogenated alkanes) is 28. The molecule has 0 amide bonds. The van der Waals surface area contributed by atoms with Crippen molar-refractivity contribution in [1.82, 2.24) is 0 Å².